The van der Waals surface area contributed by atoms with Crippen LogP contribution in [0.3, 0.4) is 0 Å². The molecule has 0 spiro atoms. The van der Waals surface area contributed by atoms with Crippen molar-refractivity contribution in [1.82, 2.24) is 24.5 Å². The number of rotatable bonds is 7. The van der Waals surface area contributed by atoms with E-state index in [2.05, 4.69) is 27.5 Å². The second-order valence-corrected chi connectivity index (χ2v) is 15.3. The predicted octanol–water partition coefficient (Wildman–Crippen LogP) is 5.40. The van der Waals surface area contributed by atoms with Crippen LogP contribution in [-0.2, 0) is 28.7 Å². The van der Waals surface area contributed by atoms with Crippen LogP contribution in [0.2, 0.25) is 5.02 Å². The highest BCUT2D eigenvalue weighted by atomic mass is 35.5. The summed E-state index contributed by atoms with van der Waals surface area (Å²) in [7, 11) is 3.52. The standard InChI is InChI=1S/C34H43ClF3N7O4S/c1-39-30-26(34(36,37)38)11-20(12-27(30)35)13-29(31(46)42-7-3-22(4-8-42)44-17-24-14-25(44)16-41(24)2)49-33(48)43-9-5-23(6-10-43)45-15-21-18-50-19-28(21)40-32(45)47/h11-12,18-19,22-25,29,39H,3-10,13-17H2,1-2H3,(H,40,47)/t24?,25?,29-/m1/s1. The van der Waals surface area contributed by atoms with Gasteiger partial charge < -0.3 is 35.0 Å². The average molecular weight is 738 g/mol. The third kappa shape index (κ3) is 6.98. The third-order valence-corrected chi connectivity index (χ3v) is 12.3. The van der Waals surface area contributed by atoms with Crippen molar-refractivity contribution in [2.24, 2.45) is 0 Å². The number of alkyl halides is 3. The van der Waals surface area contributed by atoms with Crippen LogP contribution in [0.15, 0.2) is 22.9 Å². The maximum Gasteiger partial charge on any atom is 0.418 e. The van der Waals surface area contributed by atoms with E-state index in [1.807, 2.05) is 10.8 Å². The molecule has 2 aromatic rings. The second kappa shape index (κ2) is 14.0. The van der Waals surface area contributed by atoms with Gasteiger partial charge in [0.15, 0.2) is 6.10 Å². The van der Waals surface area contributed by atoms with Gasteiger partial charge in [0.1, 0.15) is 0 Å². The molecule has 11 nitrogen and oxygen atoms in total. The molecule has 2 unspecified atom stereocenters. The second-order valence-electron chi connectivity index (χ2n) is 14.1. The first-order chi connectivity index (χ1) is 23.9. The first-order valence-corrected chi connectivity index (χ1v) is 18.6. The number of thiophene rings is 1. The van der Waals surface area contributed by atoms with E-state index in [1.54, 1.807) is 9.80 Å². The van der Waals surface area contributed by atoms with Gasteiger partial charge in [-0.3, -0.25) is 9.69 Å². The number of amides is 4. The fourth-order valence-electron chi connectivity index (χ4n) is 8.47. The van der Waals surface area contributed by atoms with Gasteiger partial charge in [0.05, 0.1) is 28.5 Å². The molecule has 7 rings (SSSR count). The molecule has 6 heterocycles. The smallest absolute Gasteiger partial charge is 0.418 e. The maximum absolute atomic E-state index is 14.1. The van der Waals surface area contributed by atoms with Crippen molar-refractivity contribution in [2.45, 2.75) is 81.5 Å². The van der Waals surface area contributed by atoms with E-state index >= 15 is 0 Å². The fraction of sp³-hybridized carbons (Fsp3) is 0.618. The highest BCUT2D eigenvalue weighted by molar-refractivity contribution is 7.08. The fourth-order valence-corrected chi connectivity index (χ4v) is 9.58. The molecule has 0 saturated carbocycles. The SMILES string of the molecule is CNc1c(Cl)cc(C[C@@H](OC(=O)N2CCC(N3Cc4cscc4NC3=O)CC2)C(=O)N2CCC(N3CC4CC3CN4C)CC2)cc1C(F)(F)F. The lowest BCUT2D eigenvalue weighted by molar-refractivity contribution is -0.142. The number of anilines is 2. The molecule has 1 aromatic heterocycles. The van der Waals surface area contributed by atoms with E-state index in [-0.39, 0.29) is 34.8 Å². The van der Waals surface area contributed by atoms with Gasteiger partial charge in [-0.15, -0.1) is 11.3 Å². The molecule has 2 bridgehead atoms. The van der Waals surface area contributed by atoms with E-state index in [0.29, 0.717) is 63.7 Å². The van der Waals surface area contributed by atoms with Gasteiger partial charge in [0.2, 0.25) is 0 Å². The number of carbonyl (C=O) groups is 3. The van der Waals surface area contributed by atoms with E-state index < -0.39 is 29.8 Å². The van der Waals surface area contributed by atoms with Crippen molar-refractivity contribution in [3.8, 4) is 0 Å². The number of carbonyl (C=O) groups excluding carboxylic acids is 3. The molecule has 272 valence electrons. The molecule has 50 heavy (non-hydrogen) atoms. The maximum atomic E-state index is 14.1. The van der Waals surface area contributed by atoms with Crippen LogP contribution in [-0.4, -0.2) is 126 Å². The molecule has 5 aliphatic heterocycles. The summed E-state index contributed by atoms with van der Waals surface area (Å²) in [5.74, 6) is -0.423. The number of piperazine rings is 1. The predicted molar refractivity (Wildman–Crippen MR) is 185 cm³/mol. The summed E-state index contributed by atoms with van der Waals surface area (Å²) in [6.45, 7) is 4.15. The molecular formula is C34H43ClF3N7O4S. The van der Waals surface area contributed by atoms with Crippen LogP contribution >= 0.6 is 22.9 Å². The number of hydrogen-bond donors (Lipinski definition) is 2. The van der Waals surface area contributed by atoms with Crippen molar-refractivity contribution in [3.05, 3.63) is 44.6 Å². The van der Waals surface area contributed by atoms with Gasteiger partial charge in [-0.25, -0.2) is 9.59 Å². The number of nitrogens with one attached hydrogen (secondary N) is 2. The Hall–Kier alpha value is -3.27. The number of piperidine rings is 2. The molecule has 4 saturated heterocycles. The Bertz CT molecular complexity index is 1610. The van der Waals surface area contributed by atoms with Crippen LogP contribution in [0.5, 0.6) is 0 Å². The molecule has 3 atom stereocenters. The Balaban J connectivity index is 1.03. The lowest BCUT2D eigenvalue weighted by Gasteiger charge is -2.42. The molecule has 4 fully saturated rings. The summed E-state index contributed by atoms with van der Waals surface area (Å²) in [6, 6.07) is 3.56. The Morgan fingerprint density at radius 1 is 1.02 bits per heavy atom. The first-order valence-electron chi connectivity index (χ1n) is 17.3. The van der Waals surface area contributed by atoms with Gasteiger partial charge in [-0.05, 0) is 62.2 Å². The zero-order chi connectivity index (χ0) is 35.3. The van der Waals surface area contributed by atoms with Crippen LogP contribution < -0.4 is 10.6 Å². The normalized spacial score (nSPS) is 24.4. The van der Waals surface area contributed by atoms with Crippen LogP contribution in [0.25, 0.3) is 0 Å². The number of fused-ring (bicyclic) bond motifs is 3. The summed E-state index contributed by atoms with van der Waals surface area (Å²) < 4.78 is 48.0. The van der Waals surface area contributed by atoms with Crippen molar-refractivity contribution in [3.63, 3.8) is 0 Å². The van der Waals surface area contributed by atoms with Crippen LogP contribution in [0.1, 0.15) is 48.8 Å². The molecule has 16 heteroatoms. The summed E-state index contributed by atoms with van der Waals surface area (Å²) in [4.78, 5) is 50.4. The van der Waals surface area contributed by atoms with Gasteiger partial charge >= 0.3 is 18.3 Å². The highest BCUT2D eigenvalue weighted by Gasteiger charge is 2.45. The zero-order valence-corrected chi connectivity index (χ0v) is 29.8. The number of ether oxygens (including phenoxy) is 1. The van der Waals surface area contributed by atoms with Crippen molar-refractivity contribution in [2.75, 3.05) is 64.0 Å². The van der Waals surface area contributed by atoms with Gasteiger partial charge in [0.25, 0.3) is 5.91 Å². The monoisotopic (exact) mass is 737 g/mol. The Morgan fingerprint density at radius 2 is 1.72 bits per heavy atom. The van der Waals surface area contributed by atoms with Gasteiger partial charge in [-0.2, -0.15) is 13.2 Å². The number of benzene rings is 1. The molecule has 2 N–H and O–H groups in total. The quantitative estimate of drug-likeness (QED) is 0.393. The Morgan fingerprint density at radius 3 is 2.36 bits per heavy atom. The van der Waals surface area contributed by atoms with Crippen LogP contribution in [0, 0.1) is 0 Å². The number of likely N-dealkylation sites (N-methyl/N-ethyl adjacent to an activating group) is 1. The minimum atomic E-state index is -4.69. The summed E-state index contributed by atoms with van der Waals surface area (Å²) in [5.41, 5.74) is 0.815. The van der Waals surface area contributed by atoms with E-state index in [1.165, 1.54) is 35.8 Å². The number of halogens is 4. The number of nitrogens with zero attached hydrogens (tertiary/aromatic N) is 5. The first kappa shape index (κ1) is 35.1. The number of hydrogen-bond acceptors (Lipinski definition) is 8. The highest BCUT2D eigenvalue weighted by Crippen LogP contribution is 2.40. The van der Waals surface area contributed by atoms with Crippen molar-refractivity contribution >= 4 is 52.3 Å². The minimum absolute atomic E-state index is 0.0781. The van der Waals surface area contributed by atoms with E-state index in [9.17, 15) is 27.6 Å². The molecule has 5 aliphatic rings. The largest absolute Gasteiger partial charge is 0.436 e. The Labute approximate surface area is 298 Å². The number of urea groups is 1. The lowest BCUT2D eigenvalue weighted by Crippen LogP contribution is -2.55. The topological polar surface area (TPSA) is 101 Å². The van der Waals surface area contributed by atoms with Crippen molar-refractivity contribution in [1.29, 1.82) is 0 Å². The van der Waals surface area contributed by atoms with E-state index in [0.717, 1.165) is 43.2 Å². The zero-order valence-electron chi connectivity index (χ0n) is 28.2. The molecular weight excluding hydrogens is 695 g/mol. The van der Waals surface area contributed by atoms with Crippen molar-refractivity contribution < 1.29 is 32.3 Å². The summed E-state index contributed by atoms with van der Waals surface area (Å²) in [5, 5.41) is 9.23. The lowest BCUT2D eigenvalue weighted by atomic mass is 9.99. The molecule has 0 aliphatic carbocycles. The average Bonchev–Trinajstić information content (AvgIpc) is 3.82. The van der Waals surface area contributed by atoms with Gasteiger partial charge in [0, 0.05) is 87.8 Å². The summed E-state index contributed by atoms with van der Waals surface area (Å²) >= 11 is 7.82. The molecule has 4 amide bonds. The number of likely N-dealkylation sites (tertiary alicyclic amines) is 4. The van der Waals surface area contributed by atoms with Crippen LogP contribution in [0.4, 0.5) is 34.1 Å². The molecule has 1 aromatic carbocycles. The third-order valence-electron chi connectivity index (χ3n) is 11.2. The van der Waals surface area contributed by atoms with E-state index in [4.69, 9.17) is 16.3 Å². The van der Waals surface area contributed by atoms with Gasteiger partial charge in [-0.1, -0.05) is 11.6 Å². The Kier molecular flexibility index (Phi) is 9.87. The molecule has 0 radical (unpaired) electrons. The minimum Gasteiger partial charge on any atom is -0.436 e. The summed E-state index contributed by atoms with van der Waals surface area (Å²) in [6.07, 6.45) is -3.21.